The third-order valence-electron chi connectivity index (χ3n) is 3.83. The van der Waals surface area contributed by atoms with Gasteiger partial charge in [-0.25, -0.2) is 4.98 Å². The number of hydrogen-bond donors (Lipinski definition) is 2. The number of methoxy groups -OCH3 is 1. The van der Waals surface area contributed by atoms with Crippen molar-refractivity contribution in [1.82, 2.24) is 15.3 Å². The van der Waals surface area contributed by atoms with Gasteiger partial charge < -0.3 is 15.0 Å². The molecule has 0 amide bonds. The minimum absolute atomic E-state index is 0.781. The summed E-state index contributed by atoms with van der Waals surface area (Å²) in [6.07, 6.45) is 9.07. The lowest BCUT2D eigenvalue weighted by Gasteiger charge is -2.12. The number of hydrogen-bond acceptors (Lipinski definition) is 3. The maximum atomic E-state index is 5.51. The molecule has 5 heteroatoms. The fourth-order valence-electron chi connectivity index (χ4n) is 2.51. The predicted molar refractivity (Wildman–Crippen MR) is 98.2 cm³/mol. The van der Waals surface area contributed by atoms with Crippen LogP contribution < -0.4 is 10.1 Å². The maximum absolute atomic E-state index is 5.51. The van der Waals surface area contributed by atoms with E-state index in [1.54, 1.807) is 13.4 Å². The third-order valence-corrected chi connectivity index (χ3v) is 4.21. The Kier molecular flexibility index (Phi) is 7.07. The van der Waals surface area contributed by atoms with Gasteiger partial charge in [-0.2, -0.15) is 0 Å². The van der Waals surface area contributed by atoms with E-state index in [9.17, 15) is 0 Å². The van der Waals surface area contributed by atoms with Crippen LogP contribution in [-0.2, 0) is 12.8 Å². The molecule has 0 saturated carbocycles. The first-order valence-electron chi connectivity index (χ1n) is 8.17. The summed E-state index contributed by atoms with van der Waals surface area (Å²) < 4.78 is 5.47. The zero-order chi connectivity index (χ0) is 16.5. The van der Waals surface area contributed by atoms with Gasteiger partial charge in [0, 0.05) is 30.4 Å². The highest BCUT2D eigenvalue weighted by Gasteiger charge is 2.08. The quantitative estimate of drug-likeness (QED) is 0.544. The minimum Gasteiger partial charge on any atom is -0.496 e. The van der Waals surface area contributed by atoms with Crippen molar-refractivity contribution in [3.63, 3.8) is 0 Å². The Morgan fingerprint density at radius 3 is 2.87 bits per heavy atom. The zero-order valence-corrected chi connectivity index (χ0v) is 14.7. The van der Waals surface area contributed by atoms with Crippen LogP contribution in [0.25, 0.3) is 0 Å². The molecule has 0 bridgehead atoms. The number of nitrogens with zero attached hydrogens (tertiary/aromatic N) is 1. The molecule has 4 nitrogen and oxygen atoms in total. The normalized spacial score (nSPS) is 10.5. The second-order valence-electron chi connectivity index (χ2n) is 5.57. The van der Waals surface area contributed by atoms with E-state index in [4.69, 9.17) is 17.0 Å². The minimum atomic E-state index is 0.781. The molecule has 2 N–H and O–H groups in total. The molecule has 0 aliphatic rings. The molecule has 1 heterocycles. The number of aromatic nitrogens is 2. The van der Waals surface area contributed by atoms with Gasteiger partial charge in [0.25, 0.3) is 0 Å². The summed E-state index contributed by atoms with van der Waals surface area (Å²) in [7, 11) is 1.72. The molecule has 1 aromatic heterocycles. The average molecular weight is 331 g/mol. The first-order valence-corrected chi connectivity index (χ1v) is 8.57. The van der Waals surface area contributed by atoms with Crippen molar-refractivity contribution in [2.45, 2.75) is 39.0 Å². The Morgan fingerprint density at radius 2 is 2.17 bits per heavy atom. The van der Waals surface area contributed by atoms with Crippen LogP contribution >= 0.6 is 12.2 Å². The summed E-state index contributed by atoms with van der Waals surface area (Å²) in [4.78, 5) is 7.89. The van der Waals surface area contributed by atoms with E-state index in [-0.39, 0.29) is 0 Å². The van der Waals surface area contributed by atoms with Crippen molar-refractivity contribution in [2.75, 3.05) is 13.7 Å². The van der Waals surface area contributed by atoms with Gasteiger partial charge in [-0.1, -0.05) is 32.0 Å². The Balaban J connectivity index is 1.94. The fourth-order valence-corrected chi connectivity index (χ4v) is 2.74. The van der Waals surface area contributed by atoms with Gasteiger partial charge >= 0.3 is 0 Å². The SMILES string of the molecule is CCCCCc1cc(C(=S)NCCc2cnc[nH]2)ccc1OC. The van der Waals surface area contributed by atoms with Gasteiger partial charge in [-0.15, -0.1) is 0 Å². The van der Waals surface area contributed by atoms with Crippen LogP contribution in [0.1, 0.15) is 43.0 Å². The molecular weight excluding hydrogens is 306 g/mol. The lowest BCUT2D eigenvalue weighted by molar-refractivity contribution is 0.409. The molecule has 0 aliphatic carbocycles. The first-order chi connectivity index (χ1) is 11.2. The Hall–Kier alpha value is -1.88. The molecular formula is C18H25N3OS. The summed E-state index contributed by atoms with van der Waals surface area (Å²) in [6.45, 7) is 3.00. The highest BCUT2D eigenvalue weighted by atomic mass is 32.1. The number of thiocarbonyl (C=S) groups is 1. The third kappa shape index (κ3) is 5.36. The highest BCUT2D eigenvalue weighted by molar-refractivity contribution is 7.80. The monoisotopic (exact) mass is 331 g/mol. The summed E-state index contributed by atoms with van der Waals surface area (Å²) in [5, 5.41) is 3.31. The number of ether oxygens (including phenoxy) is 1. The number of imidazole rings is 1. The van der Waals surface area contributed by atoms with Crippen LogP contribution in [0.4, 0.5) is 0 Å². The van der Waals surface area contributed by atoms with Gasteiger partial charge in [0.1, 0.15) is 10.7 Å². The van der Waals surface area contributed by atoms with Crippen molar-refractivity contribution >= 4 is 17.2 Å². The molecule has 0 fully saturated rings. The lowest BCUT2D eigenvalue weighted by Crippen LogP contribution is -2.25. The maximum Gasteiger partial charge on any atom is 0.122 e. The van der Waals surface area contributed by atoms with E-state index < -0.39 is 0 Å². The van der Waals surface area contributed by atoms with E-state index in [1.807, 2.05) is 18.3 Å². The molecule has 2 rings (SSSR count). The summed E-state index contributed by atoms with van der Waals surface area (Å²) in [5.74, 6) is 0.949. The molecule has 0 saturated heterocycles. The van der Waals surface area contributed by atoms with Crippen LogP contribution in [0.5, 0.6) is 5.75 Å². The number of nitrogens with one attached hydrogen (secondary N) is 2. The average Bonchev–Trinajstić information content (AvgIpc) is 3.08. The van der Waals surface area contributed by atoms with Crippen LogP contribution in [0.2, 0.25) is 0 Å². The van der Waals surface area contributed by atoms with E-state index in [1.165, 1.54) is 24.8 Å². The van der Waals surface area contributed by atoms with Crippen LogP contribution in [0.15, 0.2) is 30.7 Å². The molecule has 0 atom stereocenters. The Morgan fingerprint density at radius 1 is 1.30 bits per heavy atom. The standard InChI is InChI=1S/C18H25N3OS/c1-3-4-5-6-14-11-15(7-8-17(14)22-2)18(23)20-10-9-16-12-19-13-21-16/h7-8,11-13H,3-6,9-10H2,1-2H3,(H,19,21)(H,20,23). The molecule has 23 heavy (non-hydrogen) atoms. The predicted octanol–water partition coefficient (Wildman–Crippen LogP) is 3.66. The van der Waals surface area contributed by atoms with Crippen molar-refractivity contribution < 1.29 is 4.74 Å². The molecule has 0 unspecified atom stereocenters. The lowest BCUT2D eigenvalue weighted by atomic mass is 10.0. The molecule has 0 radical (unpaired) electrons. The number of H-pyrrole nitrogens is 1. The first kappa shape index (κ1) is 17.5. The number of aromatic amines is 1. The Bertz CT molecular complexity index is 611. The highest BCUT2D eigenvalue weighted by Crippen LogP contribution is 2.22. The van der Waals surface area contributed by atoms with Gasteiger partial charge in [0.05, 0.1) is 13.4 Å². The van der Waals surface area contributed by atoms with E-state index in [0.717, 1.165) is 41.4 Å². The summed E-state index contributed by atoms with van der Waals surface area (Å²) in [6, 6.07) is 6.19. The van der Waals surface area contributed by atoms with Gasteiger partial charge in [0.2, 0.25) is 0 Å². The molecule has 2 aromatic rings. The van der Waals surface area contributed by atoms with Crippen molar-refractivity contribution in [3.05, 3.63) is 47.5 Å². The van der Waals surface area contributed by atoms with E-state index >= 15 is 0 Å². The van der Waals surface area contributed by atoms with Gasteiger partial charge in [0.15, 0.2) is 0 Å². The van der Waals surface area contributed by atoms with E-state index in [2.05, 4.69) is 28.3 Å². The molecule has 0 spiro atoms. The molecule has 1 aromatic carbocycles. The number of aryl methyl sites for hydroxylation is 1. The van der Waals surface area contributed by atoms with Crippen molar-refractivity contribution in [1.29, 1.82) is 0 Å². The second kappa shape index (κ2) is 9.30. The molecule has 0 aliphatic heterocycles. The van der Waals surface area contributed by atoms with Crippen LogP contribution in [0, 0.1) is 0 Å². The Labute approximate surface area is 143 Å². The second-order valence-corrected chi connectivity index (χ2v) is 5.97. The van der Waals surface area contributed by atoms with E-state index in [0.29, 0.717) is 0 Å². The number of rotatable bonds is 9. The van der Waals surface area contributed by atoms with Crippen molar-refractivity contribution in [2.24, 2.45) is 0 Å². The number of unbranched alkanes of at least 4 members (excludes halogenated alkanes) is 2. The summed E-state index contributed by atoms with van der Waals surface area (Å²) in [5.41, 5.74) is 3.39. The smallest absolute Gasteiger partial charge is 0.122 e. The molecule has 124 valence electrons. The number of benzene rings is 1. The van der Waals surface area contributed by atoms with Gasteiger partial charge in [-0.05, 0) is 36.6 Å². The van der Waals surface area contributed by atoms with Gasteiger partial charge in [-0.3, -0.25) is 0 Å². The van der Waals surface area contributed by atoms with Crippen LogP contribution in [-0.4, -0.2) is 28.6 Å². The summed E-state index contributed by atoms with van der Waals surface area (Å²) >= 11 is 5.51. The van der Waals surface area contributed by atoms with Crippen LogP contribution in [0.3, 0.4) is 0 Å². The van der Waals surface area contributed by atoms with Crippen molar-refractivity contribution in [3.8, 4) is 5.75 Å². The largest absolute Gasteiger partial charge is 0.496 e. The zero-order valence-electron chi connectivity index (χ0n) is 13.9. The fraction of sp³-hybridized carbons (Fsp3) is 0.444. The topological polar surface area (TPSA) is 49.9 Å².